The molecule has 10 nitrogen and oxygen atoms in total. The Labute approximate surface area is 182 Å². The average molecular weight is 525 g/mol. The first-order valence-corrected chi connectivity index (χ1v) is 6.17. The van der Waals surface area contributed by atoms with Crippen LogP contribution < -0.4 is 63.8 Å². The molecule has 0 saturated carbocycles. The van der Waals surface area contributed by atoms with Crippen molar-refractivity contribution in [2.75, 3.05) is 12.3 Å². The quantitative estimate of drug-likeness (QED) is 0.195. The monoisotopic (exact) mass is 525 g/mol. The van der Waals surface area contributed by atoms with E-state index in [2.05, 4.69) is 17.9 Å². The molecule has 0 radical (unpaired) electrons. The second kappa shape index (κ2) is 21.8. The van der Waals surface area contributed by atoms with Gasteiger partial charge in [0.2, 0.25) is 11.8 Å². The molecule has 0 aliphatic carbocycles. The molecule has 0 rings (SSSR count). The average Bonchev–Trinajstić information content (AvgIpc) is 2.38. The third-order valence-corrected chi connectivity index (χ3v) is 2.54. The number of nitrogens with two attached hydrogens (primary N) is 1. The van der Waals surface area contributed by atoms with E-state index in [0.717, 1.165) is 0 Å². The number of aliphatic carboxylic acids is 2. The molecule has 2 unspecified atom stereocenters. The van der Waals surface area contributed by atoms with Crippen molar-refractivity contribution in [3.8, 4) is 0 Å². The fraction of sp³-hybridized carbons (Fsp3) is 0.600. The van der Waals surface area contributed by atoms with E-state index in [1.54, 1.807) is 0 Å². The van der Waals surface area contributed by atoms with Crippen molar-refractivity contribution in [3.05, 3.63) is 0 Å². The zero-order valence-electron chi connectivity index (χ0n) is 12.5. The Kier molecular flexibility index (Phi) is 34.5. The second-order valence-electron chi connectivity index (χ2n) is 3.84. The molecule has 2 atom stereocenters. The molecule has 0 heterocycles. The standard InChI is InChI=1S/C10H17N3O6S.3ClH.Mo.H2O/c11-5(10(18)19)1-2-7(14)13-6(4-20)9(17)12-3-8(15)16;;;;;/h5-6,20H,1-4,11H2,(H,12,17)(H,13,14)(H,15,16)(H,18,19);3*1H;;1H2/p-6. The van der Waals surface area contributed by atoms with Gasteiger partial charge in [-0.05, 0) is 6.42 Å². The van der Waals surface area contributed by atoms with Crippen LogP contribution in [0.2, 0.25) is 0 Å². The van der Waals surface area contributed by atoms with Crippen LogP contribution in [0.3, 0.4) is 0 Å². The predicted octanol–water partition coefficient (Wildman–Crippen LogP) is -15.1. The summed E-state index contributed by atoms with van der Waals surface area (Å²) in [4.78, 5) is 43.4. The number of nitrogens with one attached hydrogen (secondary N) is 2. The van der Waals surface area contributed by atoms with Crippen LogP contribution in [0.15, 0.2) is 0 Å². The molecule has 0 spiro atoms. The summed E-state index contributed by atoms with van der Waals surface area (Å²) in [6, 6.07) is -2.37. The number of carboxylic acids is 2. The fourth-order valence-corrected chi connectivity index (χ4v) is 1.37. The van der Waals surface area contributed by atoms with Crippen molar-refractivity contribution in [3.63, 3.8) is 0 Å². The van der Waals surface area contributed by atoms with E-state index in [0.29, 0.717) is 0 Å². The molecule has 2 amide bonds. The van der Waals surface area contributed by atoms with E-state index in [9.17, 15) is 29.4 Å². The Hall–Kier alpha value is -0.292. The van der Waals surface area contributed by atoms with E-state index in [1.165, 1.54) is 0 Å². The third kappa shape index (κ3) is 19.9. The van der Waals surface area contributed by atoms with Crippen molar-refractivity contribution in [1.29, 1.82) is 0 Å². The van der Waals surface area contributed by atoms with Gasteiger partial charge >= 0.3 is 0 Å². The largest absolute Gasteiger partial charge is 1.00 e. The molecule has 0 aliphatic heterocycles. The minimum Gasteiger partial charge on any atom is -1.00 e. The maximum atomic E-state index is 11.4. The minimum absolute atomic E-state index is 0. The van der Waals surface area contributed by atoms with Gasteiger partial charge in [0.1, 0.15) is 0 Å². The molecule has 25 heavy (non-hydrogen) atoms. The van der Waals surface area contributed by atoms with Gasteiger partial charge in [-0.2, -0.15) is 0 Å². The van der Waals surface area contributed by atoms with Crippen LogP contribution in [0, 0.1) is 0 Å². The molecule has 0 aromatic carbocycles. The smallest absolute Gasteiger partial charge is 0.240 e. The van der Waals surface area contributed by atoms with Gasteiger partial charge < -0.3 is 91.5 Å². The molecular formula is C10H16Cl3MoN3O7S-6. The summed E-state index contributed by atoms with van der Waals surface area (Å²) in [6.07, 6.45) is -0.381. The number of carbonyl (C=O) groups is 4. The van der Waals surface area contributed by atoms with E-state index in [1.807, 2.05) is 5.32 Å². The minimum atomic E-state index is -1.48. The molecular weight excluding hydrogens is 508 g/mol. The summed E-state index contributed by atoms with van der Waals surface area (Å²) in [6.45, 7) is -0.698. The number of carbonyl (C=O) groups excluding carboxylic acids is 4. The SMILES string of the molecule is NC(CCC(=O)NC(C[S-])C(=O)NCC(=O)[O-])C(=O)[O-].O.[Cl-].[Cl-].[Cl-].[Mo]. The Bertz CT molecular complexity index is 410. The molecule has 0 saturated heterocycles. The normalized spacial score (nSPS) is 10.5. The molecule has 152 valence electrons. The summed E-state index contributed by atoms with van der Waals surface area (Å²) < 4.78 is 0. The first kappa shape index (κ1) is 39.7. The van der Waals surface area contributed by atoms with Gasteiger partial charge in [-0.15, -0.1) is 5.75 Å². The molecule has 0 aromatic rings. The number of carboxylic acid groups (broad SMARTS) is 2. The number of halogens is 3. The number of hydrogen-bond acceptors (Lipinski definition) is 8. The van der Waals surface area contributed by atoms with E-state index in [-0.39, 0.29) is 82.4 Å². The summed E-state index contributed by atoms with van der Waals surface area (Å²) >= 11 is 4.66. The Balaban J connectivity index is -0.000000180. The van der Waals surface area contributed by atoms with Crippen LogP contribution in [0.25, 0.3) is 0 Å². The van der Waals surface area contributed by atoms with Crippen LogP contribution >= 0.6 is 0 Å². The molecule has 0 fully saturated rings. The molecule has 6 N–H and O–H groups in total. The van der Waals surface area contributed by atoms with Crippen molar-refractivity contribution in [2.45, 2.75) is 24.9 Å². The fourth-order valence-electron chi connectivity index (χ4n) is 1.14. The molecule has 0 aromatic heterocycles. The first-order valence-electron chi connectivity index (χ1n) is 5.59. The second-order valence-corrected chi connectivity index (χ2v) is 4.17. The van der Waals surface area contributed by atoms with Gasteiger partial charge in [0.15, 0.2) is 0 Å². The van der Waals surface area contributed by atoms with Crippen LogP contribution in [-0.2, 0) is 52.9 Å². The van der Waals surface area contributed by atoms with Crippen LogP contribution in [0.5, 0.6) is 0 Å². The summed E-state index contributed by atoms with van der Waals surface area (Å²) in [5.41, 5.74) is 5.15. The van der Waals surface area contributed by atoms with Gasteiger partial charge in [0.05, 0.1) is 24.5 Å². The first-order chi connectivity index (χ1) is 9.27. The predicted molar refractivity (Wildman–Crippen MR) is 68.0 cm³/mol. The van der Waals surface area contributed by atoms with Gasteiger partial charge in [0, 0.05) is 33.5 Å². The van der Waals surface area contributed by atoms with Crippen LogP contribution in [-0.4, -0.2) is 53.6 Å². The van der Waals surface area contributed by atoms with E-state index >= 15 is 0 Å². The van der Waals surface area contributed by atoms with Crippen LogP contribution in [0.4, 0.5) is 0 Å². The topological polar surface area (TPSA) is 196 Å². The van der Waals surface area contributed by atoms with Gasteiger partial charge in [-0.3, -0.25) is 9.59 Å². The van der Waals surface area contributed by atoms with Gasteiger partial charge in [-0.25, -0.2) is 0 Å². The molecule has 0 bridgehead atoms. The van der Waals surface area contributed by atoms with Gasteiger partial charge in [-0.1, -0.05) is 0 Å². The maximum absolute atomic E-state index is 11.4. The van der Waals surface area contributed by atoms with Crippen molar-refractivity contribution >= 4 is 36.4 Å². The number of amides is 2. The summed E-state index contributed by atoms with van der Waals surface area (Å²) in [7, 11) is 0. The Morgan fingerprint density at radius 1 is 1.08 bits per heavy atom. The zero-order valence-corrected chi connectivity index (χ0v) is 17.6. The summed E-state index contributed by atoms with van der Waals surface area (Å²) in [5.74, 6) is -4.52. The molecule has 15 heteroatoms. The van der Waals surface area contributed by atoms with Crippen molar-refractivity contribution in [1.82, 2.24) is 10.6 Å². The number of hydrogen-bond donors (Lipinski definition) is 3. The van der Waals surface area contributed by atoms with Gasteiger partial charge in [0.25, 0.3) is 0 Å². The van der Waals surface area contributed by atoms with E-state index in [4.69, 9.17) is 5.73 Å². The number of rotatable bonds is 9. The maximum Gasteiger partial charge on any atom is 0.240 e. The Morgan fingerprint density at radius 2 is 1.56 bits per heavy atom. The van der Waals surface area contributed by atoms with Crippen molar-refractivity contribution < 1.29 is 93.2 Å². The summed E-state index contributed by atoms with van der Waals surface area (Å²) in [5, 5.41) is 24.8. The zero-order chi connectivity index (χ0) is 15.7. The third-order valence-electron chi connectivity index (χ3n) is 2.21. The molecule has 0 aliphatic rings. The van der Waals surface area contributed by atoms with E-state index < -0.39 is 42.4 Å². The van der Waals surface area contributed by atoms with Crippen molar-refractivity contribution in [2.24, 2.45) is 5.73 Å². The Morgan fingerprint density at radius 3 is 1.92 bits per heavy atom. The van der Waals surface area contributed by atoms with Crippen LogP contribution in [0.1, 0.15) is 12.8 Å².